The lowest BCUT2D eigenvalue weighted by Gasteiger charge is -2.15. The van der Waals surface area contributed by atoms with Crippen LogP contribution in [0.5, 0.6) is 11.5 Å². The van der Waals surface area contributed by atoms with E-state index in [0.29, 0.717) is 29.7 Å². The highest BCUT2D eigenvalue weighted by atomic mass is 35.5. The van der Waals surface area contributed by atoms with Crippen LogP contribution in [0, 0.1) is 6.92 Å². The molecule has 0 saturated carbocycles. The first-order valence-corrected chi connectivity index (χ1v) is 9.18. The van der Waals surface area contributed by atoms with Gasteiger partial charge >= 0.3 is 0 Å². The Morgan fingerprint density at radius 3 is 2.43 bits per heavy atom. The van der Waals surface area contributed by atoms with Gasteiger partial charge in [-0.05, 0) is 41.8 Å². The zero-order valence-electron chi connectivity index (χ0n) is 15.9. The monoisotopic (exact) mass is 417 g/mol. The van der Waals surface area contributed by atoms with E-state index in [2.05, 4.69) is 29.4 Å². The van der Waals surface area contributed by atoms with E-state index in [-0.39, 0.29) is 12.4 Å². The average molecular weight is 418 g/mol. The fourth-order valence-corrected chi connectivity index (χ4v) is 3.00. The summed E-state index contributed by atoms with van der Waals surface area (Å²) in [4.78, 5) is 4.12. The zero-order chi connectivity index (χ0) is 19.1. The Morgan fingerprint density at radius 1 is 1.00 bits per heavy atom. The molecule has 1 heterocycles. The van der Waals surface area contributed by atoms with Gasteiger partial charge in [0.05, 0.1) is 12.1 Å². The van der Waals surface area contributed by atoms with Gasteiger partial charge in [0.25, 0.3) is 0 Å². The van der Waals surface area contributed by atoms with E-state index in [4.69, 9.17) is 21.1 Å². The zero-order valence-corrected chi connectivity index (χ0v) is 17.4. The van der Waals surface area contributed by atoms with Gasteiger partial charge in [0, 0.05) is 25.5 Å². The number of hydrogen-bond donors (Lipinski definition) is 1. The highest BCUT2D eigenvalue weighted by Crippen LogP contribution is 2.37. The van der Waals surface area contributed by atoms with Crippen molar-refractivity contribution in [1.82, 2.24) is 10.3 Å². The molecular formula is C22H23Cl2N2O2-. The fraction of sp³-hybridized carbons (Fsp3) is 0.227. The van der Waals surface area contributed by atoms with Crippen LogP contribution in [0.25, 0.3) is 0 Å². The van der Waals surface area contributed by atoms with Crippen LogP contribution < -0.4 is 27.2 Å². The van der Waals surface area contributed by atoms with E-state index >= 15 is 0 Å². The third kappa shape index (κ3) is 6.13. The summed E-state index contributed by atoms with van der Waals surface area (Å²) < 4.78 is 11.4. The molecule has 0 unspecified atom stereocenters. The van der Waals surface area contributed by atoms with Crippen LogP contribution in [0.3, 0.4) is 0 Å². The number of aromatic nitrogens is 1. The van der Waals surface area contributed by atoms with Crippen molar-refractivity contribution < 1.29 is 21.9 Å². The molecule has 0 aliphatic rings. The molecule has 0 aliphatic carbocycles. The third-order valence-electron chi connectivity index (χ3n) is 4.17. The van der Waals surface area contributed by atoms with Crippen molar-refractivity contribution in [3.63, 3.8) is 0 Å². The largest absolute Gasteiger partial charge is 1.00 e. The molecule has 0 radical (unpaired) electrons. The molecule has 0 saturated heterocycles. The molecule has 3 aromatic rings. The molecule has 0 fully saturated rings. The summed E-state index contributed by atoms with van der Waals surface area (Å²) in [6.07, 6.45) is 3.62. The molecule has 0 bridgehead atoms. The molecule has 28 heavy (non-hydrogen) atoms. The van der Waals surface area contributed by atoms with Crippen LogP contribution in [-0.2, 0) is 19.7 Å². The second-order valence-electron chi connectivity index (χ2n) is 6.35. The van der Waals surface area contributed by atoms with Crippen molar-refractivity contribution in [2.75, 3.05) is 7.11 Å². The molecule has 6 heteroatoms. The number of ether oxygens (including phenoxy) is 2. The highest BCUT2D eigenvalue weighted by molar-refractivity contribution is 6.32. The van der Waals surface area contributed by atoms with Crippen LogP contribution >= 0.6 is 11.6 Å². The number of rotatable bonds is 8. The van der Waals surface area contributed by atoms with Crippen molar-refractivity contribution in [1.29, 1.82) is 0 Å². The van der Waals surface area contributed by atoms with Gasteiger partial charge in [-0.2, -0.15) is 0 Å². The third-order valence-corrected chi connectivity index (χ3v) is 4.45. The fourth-order valence-electron chi connectivity index (χ4n) is 2.71. The minimum absolute atomic E-state index is 0. The Bertz CT molecular complexity index is 872. The van der Waals surface area contributed by atoms with E-state index in [1.807, 2.05) is 42.6 Å². The average Bonchev–Trinajstić information content (AvgIpc) is 2.69. The van der Waals surface area contributed by atoms with E-state index in [1.165, 1.54) is 5.56 Å². The first-order chi connectivity index (χ1) is 13.2. The Morgan fingerprint density at radius 2 is 1.75 bits per heavy atom. The van der Waals surface area contributed by atoms with Gasteiger partial charge in [0.2, 0.25) is 0 Å². The van der Waals surface area contributed by atoms with Crippen molar-refractivity contribution in [2.45, 2.75) is 26.6 Å². The Labute approximate surface area is 177 Å². The number of methoxy groups -OCH3 is 1. The van der Waals surface area contributed by atoms with Crippen LogP contribution in [-0.4, -0.2) is 12.1 Å². The lowest BCUT2D eigenvalue weighted by molar-refractivity contribution is -0.00000608. The van der Waals surface area contributed by atoms with E-state index in [9.17, 15) is 0 Å². The second kappa shape index (κ2) is 10.9. The molecule has 0 atom stereocenters. The van der Waals surface area contributed by atoms with Gasteiger partial charge in [-0.15, -0.1) is 0 Å². The van der Waals surface area contributed by atoms with Crippen LogP contribution in [0.1, 0.15) is 22.3 Å². The maximum atomic E-state index is 6.46. The predicted molar refractivity (Wildman–Crippen MR) is 108 cm³/mol. The summed E-state index contributed by atoms with van der Waals surface area (Å²) in [5.74, 6) is 1.20. The van der Waals surface area contributed by atoms with Gasteiger partial charge in [-0.3, -0.25) is 4.98 Å². The summed E-state index contributed by atoms with van der Waals surface area (Å²) in [6, 6.07) is 16.0. The van der Waals surface area contributed by atoms with Gasteiger partial charge in [0.15, 0.2) is 11.5 Å². The maximum Gasteiger partial charge on any atom is 0.180 e. The lowest BCUT2D eigenvalue weighted by atomic mass is 10.1. The number of benzene rings is 2. The predicted octanol–water partition coefficient (Wildman–Crippen LogP) is 1.92. The second-order valence-corrected chi connectivity index (χ2v) is 6.76. The molecule has 1 aromatic heterocycles. The van der Waals surface area contributed by atoms with E-state index in [1.54, 1.807) is 13.3 Å². The minimum atomic E-state index is 0. The Balaban J connectivity index is 0.00000280. The molecule has 2 aromatic carbocycles. The topological polar surface area (TPSA) is 43.4 Å². The van der Waals surface area contributed by atoms with Crippen LogP contribution in [0.4, 0.5) is 0 Å². The Kier molecular flexibility index (Phi) is 8.58. The number of pyridine rings is 1. The highest BCUT2D eigenvalue weighted by Gasteiger charge is 2.12. The number of aryl methyl sites for hydroxylation is 1. The van der Waals surface area contributed by atoms with Crippen LogP contribution in [0.15, 0.2) is 60.9 Å². The maximum absolute atomic E-state index is 6.46. The van der Waals surface area contributed by atoms with Crippen molar-refractivity contribution in [2.24, 2.45) is 0 Å². The number of halogens is 2. The van der Waals surface area contributed by atoms with E-state index in [0.717, 1.165) is 23.2 Å². The molecule has 3 rings (SSSR count). The number of nitrogens with zero attached hydrogens (tertiary/aromatic N) is 1. The quantitative estimate of drug-likeness (QED) is 0.607. The summed E-state index contributed by atoms with van der Waals surface area (Å²) in [5, 5.41) is 3.93. The molecule has 148 valence electrons. The molecule has 0 aliphatic heterocycles. The van der Waals surface area contributed by atoms with E-state index < -0.39 is 0 Å². The summed E-state index contributed by atoms with van der Waals surface area (Å²) in [7, 11) is 1.62. The van der Waals surface area contributed by atoms with Crippen LogP contribution in [0.2, 0.25) is 5.02 Å². The number of nitrogens with one attached hydrogen (secondary N) is 1. The summed E-state index contributed by atoms with van der Waals surface area (Å²) in [6.45, 7) is 3.91. The smallest absolute Gasteiger partial charge is 0.180 e. The molecule has 4 nitrogen and oxygen atoms in total. The first kappa shape index (κ1) is 22.0. The first-order valence-electron chi connectivity index (χ1n) is 8.80. The SMILES string of the molecule is COc1cc(CNCc2cccnc2)cc(Cl)c1OCc1ccc(C)cc1.[Cl-]. The van der Waals surface area contributed by atoms with Gasteiger partial charge in [0.1, 0.15) is 6.61 Å². The molecule has 0 amide bonds. The van der Waals surface area contributed by atoms with Gasteiger partial charge in [-0.1, -0.05) is 47.5 Å². The normalized spacial score (nSPS) is 10.2. The minimum Gasteiger partial charge on any atom is -1.00 e. The summed E-state index contributed by atoms with van der Waals surface area (Å²) >= 11 is 6.46. The summed E-state index contributed by atoms with van der Waals surface area (Å²) in [5.41, 5.74) is 4.47. The van der Waals surface area contributed by atoms with Crippen molar-refractivity contribution in [3.8, 4) is 11.5 Å². The number of hydrogen-bond acceptors (Lipinski definition) is 4. The van der Waals surface area contributed by atoms with Gasteiger partial charge in [-0.25, -0.2) is 0 Å². The standard InChI is InChI=1S/C22H23ClN2O2.ClH/c1-16-5-7-17(8-6-16)15-27-22-20(23)10-19(11-21(22)26-2)14-25-13-18-4-3-9-24-12-18;/h3-12,25H,13-15H2,1-2H3;1H/p-1. The Hall–Kier alpha value is -2.27. The van der Waals surface area contributed by atoms with Gasteiger partial charge < -0.3 is 27.2 Å². The molecule has 1 N–H and O–H groups in total. The van der Waals surface area contributed by atoms with Crippen molar-refractivity contribution in [3.05, 3.63) is 88.2 Å². The molecule has 0 spiro atoms. The lowest BCUT2D eigenvalue weighted by Crippen LogP contribution is -3.00. The van der Waals surface area contributed by atoms with Crippen molar-refractivity contribution >= 4 is 11.6 Å². The molecular weight excluding hydrogens is 395 g/mol.